The lowest BCUT2D eigenvalue weighted by atomic mass is 10.1. The summed E-state index contributed by atoms with van der Waals surface area (Å²) in [7, 11) is 0. The van der Waals surface area contributed by atoms with Gasteiger partial charge in [0.15, 0.2) is 0 Å². The van der Waals surface area contributed by atoms with Crippen LogP contribution in [0.25, 0.3) is 6.08 Å². The molecule has 0 fully saturated rings. The van der Waals surface area contributed by atoms with Crippen molar-refractivity contribution in [2.24, 2.45) is 0 Å². The third kappa shape index (κ3) is 10.3. The number of benzene rings is 4. The molecule has 1 atom stereocenters. The van der Waals surface area contributed by atoms with E-state index in [4.69, 9.17) is 4.74 Å². The Labute approximate surface area is 293 Å². The lowest BCUT2D eigenvalue weighted by molar-refractivity contribution is -0.116. The molecule has 0 saturated heterocycles. The maximum absolute atomic E-state index is 13.6. The van der Waals surface area contributed by atoms with Crippen LogP contribution >= 0.6 is 23.1 Å². The summed E-state index contributed by atoms with van der Waals surface area (Å²) in [5.41, 5.74) is 2.86. The molecule has 0 aliphatic carbocycles. The molecule has 4 aromatic carbocycles. The Bertz CT molecular complexity index is 1880. The van der Waals surface area contributed by atoms with E-state index in [2.05, 4.69) is 16.0 Å². The standard InChI is InChI=1S/C39H35N3O5S2/c1-2-3-24-47-39(46)29-16-18-30(19-17-29)41-38(45)35(27-11-6-4-7-12-27)49-32-22-20-31(21-23-32)40-37(44)34(26-33-15-10-25-48-33)42-36(43)28-13-8-5-9-14-28/h4-23,25-26,35H,2-3,24H2,1H3,(H,40,44)(H,41,45)(H,42,43)/b34-26-. The Morgan fingerprint density at radius 2 is 1.41 bits per heavy atom. The molecule has 8 nitrogen and oxygen atoms in total. The van der Waals surface area contributed by atoms with Crippen molar-refractivity contribution in [1.82, 2.24) is 5.32 Å². The quantitative estimate of drug-likeness (QED) is 0.0466. The van der Waals surface area contributed by atoms with Crippen molar-refractivity contribution in [2.75, 3.05) is 17.2 Å². The summed E-state index contributed by atoms with van der Waals surface area (Å²) in [5.74, 6) is -1.49. The van der Waals surface area contributed by atoms with Gasteiger partial charge in [-0.05, 0) is 90.2 Å². The van der Waals surface area contributed by atoms with Crippen molar-refractivity contribution >= 4 is 64.2 Å². The molecule has 0 radical (unpaired) electrons. The normalized spacial score (nSPS) is 11.7. The van der Waals surface area contributed by atoms with Gasteiger partial charge in [0.2, 0.25) is 5.91 Å². The van der Waals surface area contributed by atoms with E-state index >= 15 is 0 Å². The zero-order valence-electron chi connectivity index (χ0n) is 26.8. The molecule has 0 spiro atoms. The van der Waals surface area contributed by atoms with Crippen LogP contribution in [0.4, 0.5) is 11.4 Å². The summed E-state index contributed by atoms with van der Waals surface area (Å²) in [6.45, 7) is 2.40. The second-order valence-electron chi connectivity index (χ2n) is 10.8. The van der Waals surface area contributed by atoms with E-state index in [-0.39, 0.29) is 11.6 Å². The average molecular weight is 690 g/mol. The van der Waals surface area contributed by atoms with Gasteiger partial charge in [-0.2, -0.15) is 0 Å². The smallest absolute Gasteiger partial charge is 0.338 e. The lowest BCUT2D eigenvalue weighted by Crippen LogP contribution is -2.30. The van der Waals surface area contributed by atoms with Gasteiger partial charge in [0.1, 0.15) is 10.9 Å². The van der Waals surface area contributed by atoms with E-state index in [9.17, 15) is 19.2 Å². The van der Waals surface area contributed by atoms with Crippen LogP contribution in [-0.4, -0.2) is 30.3 Å². The topological polar surface area (TPSA) is 114 Å². The van der Waals surface area contributed by atoms with Gasteiger partial charge in [-0.15, -0.1) is 23.1 Å². The first-order valence-electron chi connectivity index (χ1n) is 15.7. The van der Waals surface area contributed by atoms with Crippen molar-refractivity contribution in [1.29, 1.82) is 0 Å². The van der Waals surface area contributed by atoms with E-state index < -0.39 is 23.0 Å². The second-order valence-corrected chi connectivity index (χ2v) is 13.0. The Kier molecular flexibility index (Phi) is 12.5. The lowest BCUT2D eigenvalue weighted by Gasteiger charge is -2.18. The number of ether oxygens (including phenoxy) is 1. The molecule has 248 valence electrons. The fourth-order valence-corrected chi connectivity index (χ4v) is 6.28. The highest BCUT2D eigenvalue weighted by molar-refractivity contribution is 8.00. The minimum absolute atomic E-state index is 0.108. The van der Waals surface area contributed by atoms with Gasteiger partial charge in [0.25, 0.3) is 11.8 Å². The van der Waals surface area contributed by atoms with Crippen molar-refractivity contribution < 1.29 is 23.9 Å². The van der Waals surface area contributed by atoms with Crippen LogP contribution in [0.15, 0.2) is 137 Å². The van der Waals surface area contributed by atoms with Crippen LogP contribution < -0.4 is 16.0 Å². The van der Waals surface area contributed by atoms with Crippen LogP contribution in [-0.2, 0) is 14.3 Å². The third-order valence-corrected chi connectivity index (χ3v) is 9.27. The molecule has 0 aliphatic rings. The van der Waals surface area contributed by atoms with Crippen LogP contribution in [0, 0.1) is 0 Å². The fraction of sp³-hybridized carbons (Fsp3) is 0.128. The number of hydrogen-bond acceptors (Lipinski definition) is 7. The van der Waals surface area contributed by atoms with Crippen molar-refractivity contribution in [3.05, 3.63) is 154 Å². The maximum atomic E-state index is 13.6. The van der Waals surface area contributed by atoms with E-state index in [1.54, 1.807) is 66.7 Å². The molecule has 3 N–H and O–H groups in total. The molecule has 1 unspecified atom stereocenters. The zero-order chi connectivity index (χ0) is 34.4. The first-order chi connectivity index (χ1) is 23.9. The number of carbonyl (C=O) groups excluding carboxylic acids is 4. The molecule has 5 aromatic rings. The molecule has 5 rings (SSSR count). The molecule has 0 saturated carbocycles. The molecule has 1 heterocycles. The van der Waals surface area contributed by atoms with Gasteiger partial charge >= 0.3 is 5.97 Å². The van der Waals surface area contributed by atoms with E-state index in [1.807, 2.05) is 73.0 Å². The second kappa shape index (κ2) is 17.6. The fourth-order valence-electron chi connectivity index (χ4n) is 4.60. The number of hydrogen-bond donors (Lipinski definition) is 3. The monoisotopic (exact) mass is 689 g/mol. The predicted molar refractivity (Wildman–Crippen MR) is 197 cm³/mol. The third-order valence-electron chi connectivity index (χ3n) is 7.18. The molecule has 49 heavy (non-hydrogen) atoms. The van der Waals surface area contributed by atoms with Crippen molar-refractivity contribution in [2.45, 2.75) is 29.9 Å². The van der Waals surface area contributed by atoms with Crippen molar-refractivity contribution in [3.8, 4) is 0 Å². The number of anilines is 2. The maximum Gasteiger partial charge on any atom is 0.338 e. The molecule has 0 aliphatic heterocycles. The van der Waals surface area contributed by atoms with E-state index in [0.717, 1.165) is 28.2 Å². The molecule has 10 heteroatoms. The number of rotatable bonds is 14. The summed E-state index contributed by atoms with van der Waals surface area (Å²) >= 11 is 2.81. The SMILES string of the molecule is CCCCOC(=O)c1ccc(NC(=O)C(Sc2ccc(NC(=O)/C(=C/c3cccs3)NC(=O)c3ccccc3)cc2)c2ccccc2)cc1. The summed E-state index contributed by atoms with van der Waals surface area (Å²) in [6.07, 6.45) is 3.38. The number of thiophene rings is 1. The largest absolute Gasteiger partial charge is 0.462 e. The number of amides is 3. The number of thioether (sulfide) groups is 1. The van der Waals surface area contributed by atoms with Gasteiger partial charge in [-0.3, -0.25) is 14.4 Å². The van der Waals surface area contributed by atoms with Crippen LogP contribution in [0.5, 0.6) is 0 Å². The summed E-state index contributed by atoms with van der Waals surface area (Å²) in [6, 6.07) is 35.7. The Morgan fingerprint density at radius 3 is 2.06 bits per heavy atom. The first kappa shape index (κ1) is 34.9. The number of nitrogens with one attached hydrogen (secondary N) is 3. The predicted octanol–water partition coefficient (Wildman–Crippen LogP) is 8.59. The van der Waals surface area contributed by atoms with Gasteiger partial charge < -0.3 is 20.7 Å². The number of unbranched alkanes of at least 4 members (excludes halogenated alkanes) is 1. The van der Waals surface area contributed by atoms with Gasteiger partial charge in [0.05, 0.1) is 12.2 Å². The minimum Gasteiger partial charge on any atom is -0.462 e. The zero-order valence-corrected chi connectivity index (χ0v) is 28.4. The Morgan fingerprint density at radius 1 is 0.755 bits per heavy atom. The van der Waals surface area contributed by atoms with Crippen LogP contribution in [0.2, 0.25) is 0 Å². The summed E-state index contributed by atoms with van der Waals surface area (Å²) in [4.78, 5) is 53.7. The summed E-state index contributed by atoms with van der Waals surface area (Å²) in [5, 5.41) is 9.88. The van der Waals surface area contributed by atoms with Gasteiger partial charge in [-0.25, -0.2) is 4.79 Å². The highest BCUT2D eigenvalue weighted by atomic mass is 32.2. The minimum atomic E-state index is -0.589. The van der Waals surface area contributed by atoms with Crippen LogP contribution in [0.1, 0.15) is 56.2 Å². The number of carbonyl (C=O) groups is 4. The van der Waals surface area contributed by atoms with Crippen LogP contribution in [0.3, 0.4) is 0 Å². The average Bonchev–Trinajstić information content (AvgIpc) is 3.65. The number of esters is 1. The highest BCUT2D eigenvalue weighted by Gasteiger charge is 2.23. The molecular weight excluding hydrogens is 655 g/mol. The molecule has 0 bridgehead atoms. The first-order valence-corrected chi connectivity index (χ1v) is 17.5. The molecular formula is C39H35N3O5S2. The van der Waals surface area contributed by atoms with E-state index in [0.29, 0.717) is 29.1 Å². The highest BCUT2D eigenvalue weighted by Crippen LogP contribution is 2.37. The Hall–Kier alpha value is -5.45. The van der Waals surface area contributed by atoms with Gasteiger partial charge in [-0.1, -0.05) is 67.9 Å². The molecule has 3 amide bonds. The van der Waals surface area contributed by atoms with Gasteiger partial charge in [0, 0.05) is 26.7 Å². The van der Waals surface area contributed by atoms with E-state index in [1.165, 1.54) is 23.1 Å². The summed E-state index contributed by atoms with van der Waals surface area (Å²) < 4.78 is 5.27. The van der Waals surface area contributed by atoms with Crippen molar-refractivity contribution in [3.63, 3.8) is 0 Å². The molecule has 1 aromatic heterocycles. The Balaban J connectivity index is 1.26.